The Balaban J connectivity index is 1.32. The van der Waals surface area contributed by atoms with Gasteiger partial charge in [-0.3, -0.25) is 24.0 Å². The minimum Gasteiger partial charge on any atom is -0.451 e. The number of ketones is 1. The highest BCUT2D eigenvalue weighted by Gasteiger charge is 2.36. The fraction of sp³-hybridized carbons (Fsp3) is 0.424. The predicted molar refractivity (Wildman–Crippen MR) is 160 cm³/mol. The molecule has 4 amide bonds. The lowest BCUT2D eigenvalue weighted by molar-refractivity contribution is -0.141. The smallest absolute Gasteiger partial charge is 0.289 e. The molecule has 1 saturated carbocycles. The van der Waals surface area contributed by atoms with Gasteiger partial charge in [0.2, 0.25) is 17.6 Å². The van der Waals surface area contributed by atoms with Gasteiger partial charge in [0.15, 0.2) is 5.76 Å². The van der Waals surface area contributed by atoms with Crippen molar-refractivity contribution in [1.82, 2.24) is 21.3 Å². The van der Waals surface area contributed by atoms with Crippen LogP contribution >= 0.6 is 0 Å². The number of amides is 4. The summed E-state index contributed by atoms with van der Waals surface area (Å²) in [6, 6.07) is 15.9. The van der Waals surface area contributed by atoms with E-state index in [0.717, 1.165) is 43.1 Å². The average molecular weight is 587 g/mol. The first kappa shape index (κ1) is 30.0. The van der Waals surface area contributed by atoms with E-state index in [9.17, 15) is 24.0 Å². The summed E-state index contributed by atoms with van der Waals surface area (Å²) >= 11 is 0. The highest BCUT2D eigenvalue weighted by atomic mass is 16.3. The van der Waals surface area contributed by atoms with Crippen molar-refractivity contribution >= 4 is 40.4 Å². The molecule has 2 aromatic carbocycles. The molecule has 10 heteroatoms. The third-order valence-electron chi connectivity index (χ3n) is 8.40. The first-order chi connectivity index (χ1) is 20.9. The molecule has 226 valence electrons. The molecule has 10 nitrogen and oxygen atoms in total. The first-order valence-corrected chi connectivity index (χ1v) is 15.1. The number of rotatable bonds is 12. The number of para-hydroxylation sites is 1. The lowest BCUT2D eigenvalue weighted by Crippen LogP contribution is -2.55. The number of fused-ring (bicyclic) bond motifs is 1. The third-order valence-corrected chi connectivity index (χ3v) is 8.40. The second-order valence-electron chi connectivity index (χ2n) is 11.5. The van der Waals surface area contributed by atoms with Crippen LogP contribution in [0.5, 0.6) is 0 Å². The maximum atomic E-state index is 13.8. The maximum Gasteiger partial charge on any atom is 0.289 e. The van der Waals surface area contributed by atoms with Crippen molar-refractivity contribution in [2.75, 3.05) is 6.54 Å². The molecular formula is C33H38N4O6. The van der Waals surface area contributed by atoms with Crippen LogP contribution in [0.3, 0.4) is 0 Å². The van der Waals surface area contributed by atoms with Crippen LogP contribution in [0.1, 0.15) is 67.5 Å². The molecule has 0 unspecified atom stereocenters. The standard InChI is InChI=1S/C33H38N4O6/c38-29(33(42)35-20-22-11-5-2-6-12-22)25(18-24-15-16-34-30(24)39)36-31(40)26(17-21-9-3-1-4-10-21)37-32(41)28-19-23-13-7-8-14-27(23)43-28/h2,5-8,11-14,19,21,24-26H,1,3-4,9-10,15-18,20H2,(H,34,39)(H,35,42)(H,36,40)(H,37,41)/t24-,25-,26-/m0/s1. The van der Waals surface area contributed by atoms with Crippen LogP contribution in [0, 0.1) is 11.8 Å². The van der Waals surface area contributed by atoms with E-state index in [1.807, 2.05) is 48.5 Å². The summed E-state index contributed by atoms with van der Waals surface area (Å²) < 4.78 is 5.72. The van der Waals surface area contributed by atoms with Gasteiger partial charge < -0.3 is 25.7 Å². The van der Waals surface area contributed by atoms with Crippen LogP contribution in [0.2, 0.25) is 0 Å². The molecule has 1 saturated heterocycles. The first-order valence-electron chi connectivity index (χ1n) is 15.1. The van der Waals surface area contributed by atoms with Crippen molar-refractivity contribution in [1.29, 1.82) is 0 Å². The molecule has 2 fully saturated rings. The summed E-state index contributed by atoms with van der Waals surface area (Å²) in [5.74, 6) is -3.20. The van der Waals surface area contributed by atoms with Gasteiger partial charge >= 0.3 is 0 Å². The number of carbonyl (C=O) groups excluding carboxylic acids is 5. The quantitative estimate of drug-likeness (QED) is 0.239. The molecule has 43 heavy (non-hydrogen) atoms. The number of benzene rings is 2. The van der Waals surface area contributed by atoms with Crippen LogP contribution in [0.4, 0.5) is 0 Å². The van der Waals surface area contributed by atoms with E-state index in [0.29, 0.717) is 25.0 Å². The Labute approximate surface area is 250 Å². The van der Waals surface area contributed by atoms with Gasteiger partial charge in [0.05, 0.1) is 6.04 Å². The van der Waals surface area contributed by atoms with E-state index in [1.165, 1.54) is 0 Å². The molecule has 0 radical (unpaired) electrons. The minimum atomic E-state index is -1.23. The topological polar surface area (TPSA) is 147 Å². The van der Waals surface area contributed by atoms with E-state index in [4.69, 9.17) is 4.42 Å². The highest BCUT2D eigenvalue weighted by Crippen LogP contribution is 2.28. The third kappa shape index (κ3) is 7.88. The predicted octanol–water partition coefficient (Wildman–Crippen LogP) is 3.40. The van der Waals surface area contributed by atoms with Crippen molar-refractivity contribution in [2.45, 2.75) is 70.0 Å². The second-order valence-corrected chi connectivity index (χ2v) is 11.5. The number of nitrogens with one attached hydrogen (secondary N) is 4. The normalized spacial score (nSPS) is 18.4. The zero-order valence-corrected chi connectivity index (χ0v) is 24.1. The Morgan fingerprint density at radius 2 is 1.60 bits per heavy atom. The van der Waals surface area contributed by atoms with Crippen LogP contribution < -0.4 is 21.3 Å². The molecule has 1 aliphatic heterocycles. The van der Waals surface area contributed by atoms with E-state index in [-0.39, 0.29) is 30.6 Å². The monoisotopic (exact) mass is 586 g/mol. The molecule has 2 heterocycles. The van der Waals surface area contributed by atoms with Gasteiger partial charge in [-0.25, -0.2) is 0 Å². The number of furan rings is 1. The van der Waals surface area contributed by atoms with Crippen LogP contribution in [-0.2, 0) is 25.7 Å². The highest BCUT2D eigenvalue weighted by molar-refractivity contribution is 6.38. The van der Waals surface area contributed by atoms with Crippen LogP contribution in [-0.4, -0.2) is 48.0 Å². The van der Waals surface area contributed by atoms with Crippen molar-refractivity contribution in [3.63, 3.8) is 0 Å². The summed E-state index contributed by atoms with van der Waals surface area (Å²) in [5, 5.41) is 11.7. The zero-order chi connectivity index (χ0) is 30.2. The Morgan fingerprint density at radius 1 is 0.860 bits per heavy atom. The van der Waals surface area contributed by atoms with Crippen LogP contribution in [0.15, 0.2) is 65.1 Å². The Kier molecular flexibility index (Phi) is 9.86. The molecule has 1 aromatic heterocycles. The second kappa shape index (κ2) is 14.1. The maximum absolute atomic E-state index is 13.8. The molecule has 5 rings (SSSR count). The van der Waals surface area contributed by atoms with Gasteiger partial charge in [-0.05, 0) is 42.9 Å². The fourth-order valence-corrected chi connectivity index (χ4v) is 5.99. The molecule has 1 aliphatic carbocycles. The molecular weight excluding hydrogens is 548 g/mol. The average Bonchev–Trinajstić information content (AvgIpc) is 3.65. The lowest BCUT2D eigenvalue weighted by atomic mass is 9.84. The molecule has 2 aliphatic rings. The van der Waals surface area contributed by atoms with E-state index >= 15 is 0 Å². The van der Waals surface area contributed by atoms with Crippen molar-refractivity contribution in [3.8, 4) is 0 Å². The molecule has 3 atom stereocenters. The largest absolute Gasteiger partial charge is 0.451 e. The SMILES string of the molecule is O=C(NCc1ccccc1)C(=O)[C@H](C[C@@H]1CCNC1=O)NC(=O)[C@H](CC1CCCCC1)NC(=O)c1cc2ccccc2o1. The molecule has 0 spiro atoms. The van der Waals surface area contributed by atoms with Gasteiger partial charge in [-0.2, -0.15) is 0 Å². The summed E-state index contributed by atoms with van der Waals surface area (Å²) in [6.45, 7) is 0.615. The van der Waals surface area contributed by atoms with Gasteiger partial charge in [-0.15, -0.1) is 0 Å². The van der Waals surface area contributed by atoms with Gasteiger partial charge in [0, 0.05) is 24.4 Å². The summed E-state index contributed by atoms with van der Waals surface area (Å²) in [4.78, 5) is 65.8. The lowest BCUT2D eigenvalue weighted by Gasteiger charge is -2.28. The van der Waals surface area contributed by atoms with Gasteiger partial charge in [0.25, 0.3) is 11.8 Å². The van der Waals surface area contributed by atoms with Gasteiger partial charge in [0.1, 0.15) is 11.6 Å². The Bertz CT molecular complexity index is 1430. The number of Topliss-reactive ketones (excluding diaryl/α,β-unsaturated/α-hetero) is 1. The Morgan fingerprint density at radius 3 is 2.33 bits per heavy atom. The Hall–Kier alpha value is -4.47. The molecule has 4 N–H and O–H groups in total. The fourth-order valence-electron chi connectivity index (χ4n) is 5.99. The molecule has 3 aromatic rings. The summed E-state index contributed by atoms with van der Waals surface area (Å²) in [6.07, 6.45) is 6.00. The van der Waals surface area contributed by atoms with Gasteiger partial charge in [-0.1, -0.05) is 80.6 Å². The molecule has 0 bridgehead atoms. The van der Waals surface area contributed by atoms with Crippen molar-refractivity contribution in [3.05, 3.63) is 72.0 Å². The van der Waals surface area contributed by atoms with E-state index in [1.54, 1.807) is 12.1 Å². The number of hydrogen-bond donors (Lipinski definition) is 4. The van der Waals surface area contributed by atoms with E-state index < -0.39 is 41.5 Å². The van der Waals surface area contributed by atoms with Crippen molar-refractivity contribution < 1.29 is 28.4 Å². The number of hydrogen-bond acceptors (Lipinski definition) is 6. The summed E-state index contributed by atoms with van der Waals surface area (Å²) in [7, 11) is 0. The van der Waals surface area contributed by atoms with E-state index in [2.05, 4.69) is 21.3 Å². The zero-order valence-electron chi connectivity index (χ0n) is 24.1. The number of carbonyl (C=O) groups is 5. The summed E-state index contributed by atoms with van der Waals surface area (Å²) in [5.41, 5.74) is 1.38. The minimum absolute atomic E-state index is 0.0111. The van der Waals surface area contributed by atoms with Crippen molar-refractivity contribution in [2.24, 2.45) is 11.8 Å². The van der Waals surface area contributed by atoms with Crippen LogP contribution in [0.25, 0.3) is 11.0 Å².